The molecular formula is C17H23FN4O2. The molecule has 24 heavy (non-hydrogen) atoms. The number of amides is 2. The van der Waals surface area contributed by atoms with Crippen LogP contribution in [0.3, 0.4) is 0 Å². The van der Waals surface area contributed by atoms with E-state index in [9.17, 15) is 14.0 Å². The Hall–Kier alpha value is -2.44. The van der Waals surface area contributed by atoms with Gasteiger partial charge in [-0.3, -0.25) is 19.5 Å². The molecule has 0 atom stereocenters. The maximum atomic E-state index is 13.2. The van der Waals surface area contributed by atoms with Crippen molar-refractivity contribution in [3.05, 3.63) is 35.6 Å². The molecule has 0 radical (unpaired) electrons. The number of nitrogens with zero attached hydrogens (tertiary/aromatic N) is 3. The van der Waals surface area contributed by atoms with Crippen LogP contribution in [-0.2, 0) is 16.1 Å². The molecule has 0 bridgehead atoms. The summed E-state index contributed by atoms with van der Waals surface area (Å²) < 4.78 is 13.2. The predicted octanol–water partition coefficient (Wildman–Crippen LogP) is 1.37. The lowest BCUT2D eigenvalue weighted by Gasteiger charge is -2.26. The van der Waals surface area contributed by atoms with Crippen molar-refractivity contribution < 1.29 is 14.0 Å². The van der Waals surface area contributed by atoms with Gasteiger partial charge in [-0.05, 0) is 24.1 Å². The number of halogens is 1. The van der Waals surface area contributed by atoms with Gasteiger partial charge in [-0.2, -0.15) is 0 Å². The first-order valence-electron chi connectivity index (χ1n) is 8.00. The van der Waals surface area contributed by atoms with Crippen LogP contribution in [0.2, 0.25) is 0 Å². The first-order valence-corrected chi connectivity index (χ1v) is 8.00. The summed E-state index contributed by atoms with van der Waals surface area (Å²) >= 11 is 0. The van der Waals surface area contributed by atoms with E-state index in [-0.39, 0.29) is 17.6 Å². The number of rotatable bonds is 5. The first-order chi connectivity index (χ1) is 11.5. The largest absolute Gasteiger partial charge is 0.354 e. The summed E-state index contributed by atoms with van der Waals surface area (Å²) in [5, 5.41) is 3.13. The van der Waals surface area contributed by atoms with Crippen molar-refractivity contribution in [3.8, 4) is 0 Å². The van der Waals surface area contributed by atoms with Crippen molar-refractivity contribution in [3.63, 3.8) is 0 Å². The van der Waals surface area contributed by atoms with Crippen molar-refractivity contribution in [2.24, 2.45) is 4.99 Å². The summed E-state index contributed by atoms with van der Waals surface area (Å²) in [6, 6.07) is 6.40. The lowest BCUT2D eigenvalue weighted by molar-refractivity contribution is -0.147. The molecule has 0 saturated carbocycles. The van der Waals surface area contributed by atoms with Crippen molar-refractivity contribution in [2.45, 2.75) is 25.8 Å². The number of piperidine rings is 1. The molecule has 2 rings (SSSR count). The van der Waals surface area contributed by atoms with Crippen LogP contribution in [0.5, 0.6) is 0 Å². The van der Waals surface area contributed by atoms with Gasteiger partial charge in [-0.15, -0.1) is 0 Å². The Labute approximate surface area is 141 Å². The second-order valence-electron chi connectivity index (χ2n) is 5.75. The Bertz CT molecular complexity index is 617. The average molecular weight is 334 g/mol. The number of likely N-dealkylation sites (tertiary alicyclic amines) is 1. The number of guanidine groups is 1. The number of aliphatic imine (C=N–C) groups is 1. The lowest BCUT2D eigenvalue weighted by atomic mass is 10.1. The highest BCUT2D eigenvalue weighted by atomic mass is 19.1. The summed E-state index contributed by atoms with van der Waals surface area (Å²) in [6.07, 6.45) is 1.50. The van der Waals surface area contributed by atoms with Crippen LogP contribution in [0, 0.1) is 5.82 Å². The van der Waals surface area contributed by atoms with E-state index in [1.165, 1.54) is 17.0 Å². The van der Waals surface area contributed by atoms with E-state index in [0.717, 1.165) is 5.56 Å². The fourth-order valence-electron chi connectivity index (χ4n) is 2.70. The van der Waals surface area contributed by atoms with Gasteiger partial charge in [-0.1, -0.05) is 12.1 Å². The minimum atomic E-state index is -0.272. The molecule has 0 unspecified atom stereocenters. The van der Waals surface area contributed by atoms with Gasteiger partial charge in [0, 0.05) is 46.6 Å². The van der Waals surface area contributed by atoms with Crippen LogP contribution in [0.1, 0.15) is 24.8 Å². The van der Waals surface area contributed by atoms with E-state index in [2.05, 4.69) is 10.3 Å². The summed E-state index contributed by atoms with van der Waals surface area (Å²) in [5.74, 6) is 0.120. The van der Waals surface area contributed by atoms with E-state index in [1.54, 1.807) is 13.1 Å². The lowest BCUT2D eigenvalue weighted by Crippen LogP contribution is -2.46. The average Bonchev–Trinajstić information content (AvgIpc) is 2.53. The standard InChI is InChI=1S/C17H23FN4O2/c1-19-17(21(2)12-13-5-3-6-14(18)11-13)20-9-10-22-15(23)7-4-8-16(22)24/h3,5-6,11H,4,7-10,12H2,1-2H3,(H,19,20). The van der Waals surface area contributed by atoms with Gasteiger partial charge < -0.3 is 10.2 Å². The Morgan fingerprint density at radius 1 is 1.33 bits per heavy atom. The van der Waals surface area contributed by atoms with Gasteiger partial charge in [0.1, 0.15) is 5.82 Å². The molecule has 0 aliphatic carbocycles. The van der Waals surface area contributed by atoms with Gasteiger partial charge >= 0.3 is 0 Å². The number of hydrogen-bond donors (Lipinski definition) is 1. The molecule has 2 amide bonds. The van der Waals surface area contributed by atoms with Crippen LogP contribution in [0.15, 0.2) is 29.3 Å². The molecule has 6 nitrogen and oxygen atoms in total. The quantitative estimate of drug-likeness (QED) is 0.502. The van der Waals surface area contributed by atoms with Crippen LogP contribution in [0.25, 0.3) is 0 Å². The summed E-state index contributed by atoms with van der Waals surface area (Å²) in [5.41, 5.74) is 0.835. The second-order valence-corrected chi connectivity index (χ2v) is 5.75. The molecule has 1 heterocycles. The fourth-order valence-corrected chi connectivity index (χ4v) is 2.70. The van der Waals surface area contributed by atoms with E-state index < -0.39 is 0 Å². The molecule has 1 fully saturated rings. The van der Waals surface area contributed by atoms with Crippen molar-refractivity contribution >= 4 is 17.8 Å². The zero-order valence-corrected chi connectivity index (χ0v) is 14.1. The van der Waals surface area contributed by atoms with Gasteiger partial charge in [-0.25, -0.2) is 4.39 Å². The smallest absolute Gasteiger partial charge is 0.229 e. The topological polar surface area (TPSA) is 65.0 Å². The second kappa shape index (κ2) is 8.42. The molecule has 0 aromatic heterocycles. The number of imide groups is 1. The van der Waals surface area contributed by atoms with Crippen molar-refractivity contribution in [1.29, 1.82) is 0 Å². The van der Waals surface area contributed by atoms with E-state index in [0.29, 0.717) is 44.9 Å². The maximum absolute atomic E-state index is 13.2. The molecule has 1 aliphatic rings. The summed E-state index contributed by atoms with van der Waals surface area (Å²) in [7, 11) is 3.50. The maximum Gasteiger partial charge on any atom is 0.229 e. The summed E-state index contributed by atoms with van der Waals surface area (Å²) in [6.45, 7) is 1.25. The van der Waals surface area contributed by atoms with E-state index in [4.69, 9.17) is 0 Å². The summed E-state index contributed by atoms with van der Waals surface area (Å²) in [4.78, 5) is 30.9. The molecule has 1 aliphatic heterocycles. The fraction of sp³-hybridized carbons (Fsp3) is 0.471. The van der Waals surface area contributed by atoms with Crippen LogP contribution >= 0.6 is 0 Å². The molecule has 1 aromatic carbocycles. The van der Waals surface area contributed by atoms with E-state index in [1.807, 2.05) is 18.0 Å². The Morgan fingerprint density at radius 3 is 2.67 bits per heavy atom. The van der Waals surface area contributed by atoms with Gasteiger partial charge in [0.05, 0.1) is 0 Å². The van der Waals surface area contributed by atoms with Crippen molar-refractivity contribution in [2.75, 3.05) is 27.2 Å². The normalized spacial score (nSPS) is 15.6. The molecule has 0 spiro atoms. The Kier molecular flexibility index (Phi) is 6.28. The molecule has 7 heteroatoms. The van der Waals surface area contributed by atoms with Crippen LogP contribution in [0.4, 0.5) is 4.39 Å². The van der Waals surface area contributed by atoms with Crippen molar-refractivity contribution in [1.82, 2.24) is 15.1 Å². The number of benzene rings is 1. The zero-order valence-electron chi connectivity index (χ0n) is 14.1. The third kappa shape index (κ3) is 4.78. The predicted molar refractivity (Wildman–Crippen MR) is 89.8 cm³/mol. The minimum absolute atomic E-state index is 0.115. The van der Waals surface area contributed by atoms with Crippen LogP contribution < -0.4 is 5.32 Å². The molecule has 1 saturated heterocycles. The number of carbonyl (C=O) groups is 2. The SMILES string of the molecule is CN=C(NCCN1C(=O)CCCC1=O)N(C)Cc1cccc(F)c1. The van der Waals surface area contributed by atoms with Gasteiger partial charge in [0.15, 0.2) is 5.96 Å². The van der Waals surface area contributed by atoms with Gasteiger partial charge in [0.2, 0.25) is 11.8 Å². The zero-order chi connectivity index (χ0) is 17.5. The highest BCUT2D eigenvalue weighted by molar-refractivity contribution is 5.97. The highest BCUT2D eigenvalue weighted by Crippen LogP contribution is 2.11. The molecular weight excluding hydrogens is 311 g/mol. The number of carbonyl (C=O) groups excluding carboxylic acids is 2. The third-order valence-corrected chi connectivity index (χ3v) is 3.88. The first kappa shape index (κ1) is 17.9. The highest BCUT2D eigenvalue weighted by Gasteiger charge is 2.25. The molecule has 130 valence electrons. The van der Waals surface area contributed by atoms with Crippen LogP contribution in [-0.4, -0.2) is 54.8 Å². The van der Waals surface area contributed by atoms with E-state index >= 15 is 0 Å². The van der Waals surface area contributed by atoms with Gasteiger partial charge in [0.25, 0.3) is 0 Å². The minimum Gasteiger partial charge on any atom is -0.354 e. The number of hydrogen-bond acceptors (Lipinski definition) is 3. The molecule has 1 aromatic rings. The Morgan fingerprint density at radius 2 is 2.04 bits per heavy atom. The molecule has 1 N–H and O–H groups in total. The number of nitrogens with one attached hydrogen (secondary N) is 1. The Balaban J connectivity index is 1.85. The monoisotopic (exact) mass is 334 g/mol. The third-order valence-electron chi connectivity index (χ3n) is 3.88.